The summed E-state index contributed by atoms with van der Waals surface area (Å²) in [6, 6.07) is 9.59. The first-order valence-electron chi connectivity index (χ1n) is 9.07. The molecular formula is C19H30ClN3O3. The Morgan fingerprint density at radius 1 is 1.23 bits per heavy atom. The lowest BCUT2D eigenvalue weighted by molar-refractivity contribution is -0.137. The SMILES string of the molecule is CCN[C@H](C)CNC(=O)C1CCN(C(=O)COc2ccccc2)CC1.Cl. The molecular weight excluding hydrogens is 354 g/mol. The van der Waals surface area contributed by atoms with Crippen LogP contribution in [0.4, 0.5) is 0 Å². The molecule has 0 spiro atoms. The number of halogens is 1. The van der Waals surface area contributed by atoms with Crippen LogP contribution in [0.1, 0.15) is 26.7 Å². The smallest absolute Gasteiger partial charge is 0.260 e. The van der Waals surface area contributed by atoms with Crippen molar-refractivity contribution in [2.45, 2.75) is 32.7 Å². The highest BCUT2D eigenvalue weighted by Gasteiger charge is 2.27. The molecule has 1 aromatic carbocycles. The summed E-state index contributed by atoms with van der Waals surface area (Å²) in [5, 5.41) is 6.27. The van der Waals surface area contributed by atoms with Crippen LogP contribution in [0.2, 0.25) is 0 Å². The lowest BCUT2D eigenvalue weighted by Gasteiger charge is -2.31. The third kappa shape index (κ3) is 7.22. The number of rotatable bonds is 8. The van der Waals surface area contributed by atoms with Crippen molar-refractivity contribution < 1.29 is 14.3 Å². The first kappa shape index (κ1) is 22.3. The number of benzene rings is 1. The largest absolute Gasteiger partial charge is 0.484 e. The van der Waals surface area contributed by atoms with Crippen LogP contribution in [0.3, 0.4) is 0 Å². The van der Waals surface area contributed by atoms with Crippen LogP contribution < -0.4 is 15.4 Å². The fourth-order valence-corrected chi connectivity index (χ4v) is 2.96. The highest BCUT2D eigenvalue weighted by atomic mass is 35.5. The molecule has 2 amide bonds. The van der Waals surface area contributed by atoms with Crippen LogP contribution in [0.15, 0.2) is 30.3 Å². The molecule has 0 aromatic heterocycles. The van der Waals surface area contributed by atoms with Gasteiger partial charge in [-0.05, 0) is 38.4 Å². The van der Waals surface area contributed by atoms with E-state index in [4.69, 9.17) is 4.74 Å². The monoisotopic (exact) mass is 383 g/mol. The first-order chi connectivity index (χ1) is 12.1. The van der Waals surface area contributed by atoms with E-state index in [1.54, 1.807) is 4.90 Å². The van der Waals surface area contributed by atoms with E-state index >= 15 is 0 Å². The van der Waals surface area contributed by atoms with Crippen LogP contribution in [0.25, 0.3) is 0 Å². The van der Waals surface area contributed by atoms with Gasteiger partial charge in [0.1, 0.15) is 5.75 Å². The third-order valence-electron chi connectivity index (χ3n) is 4.46. The Balaban J connectivity index is 0.00000338. The van der Waals surface area contributed by atoms with Crippen LogP contribution in [-0.2, 0) is 9.59 Å². The predicted octanol–water partition coefficient (Wildman–Crippen LogP) is 1.84. The van der Waals surface area contributed by atoms with Gasteiger partial charge in [0.25, 0.3) is 5.91 Å². The molecule has 0 saturated carbocycles. The summed E-state index contributed by atoms with van der Waals surface area (Å²) < 4.78 is 5.51. The zero-order valence-corrected chi connectivity index (χ0v) is 16.4. The second-order valence-corrected chi connectivity index (χ2v) is 6.46. The number of hydrogen-bond acceptors (Lipinski definition) is 4. The Kier molecular flexibility index (Phi) is 10.1. The minimum atomic E-state index is -0.0246. The van der Waals surface area contributed by atoms with Crippen LogP contribution in [-0.4, -0.2) is 55.5 Å². The van der Waals surface area contributed by atoms with Gasteiger partial charge in [-0.25, -0.2) is 0 Å². The molecule has 0 unspecified atom stereocenters. The number of piperidine rings is 1. The number of para-hydroxylation sites is 1. The van der Waals surface area contributed by atoms with Crippen LogP contribution >= 0.6 is 12.4 Å². The van der Waals surface area contributed by atoms with Crippen molar-refractivity contribution in [1.82, 2.24) is 15.5 Å². The molecule has 7 heteroatoms. The minimum Gasteiger partial charge on any atom is -0.484 e. The quantitative estimate of drug-likeness (QED) is 0.718. The van der Waals surface area contributed by atoms with Gasteiger partial charge in [-0.3, -0.25) is 9.59 Å². The fraction of sp³-hybridized carbons (Fsp3) is 0.579. The number of amides is 2. The highest BCUT2D eigenvalue weighted by Crippen LogP contribution is 2.18. The summed E-state index contributed by atoms with van der Waals surface area (Å²) in [5.41, 5.74) is 0. The van der Waals surface area contributed by atoms with E-state index in [0.717, 1.165) is 6.54 Å². The average Bonchev–Trinajstić information content (AvgIpc) is 2.65. The number of hydrogen-bond donors (Lipinski definition) is 2. The van der Waals surface area contributed by atoms with Gasteiger partial charge in [-0.2, -0.15) is 0 Å². The number of ether oxygens (including phenoxy) is 1. The maximum Gasteiger partial charge on any atom is 0.260 e. The van der Waals surface area contributed by atoms with Gasteiger partial charge >= 0.3 is 0 Å². The predicted molar refractivity (Wildman–Crippen MR) is 105 cm³/mol. The second-order valence-electron chi connectivity index (χ2n) is 6.46. The molecule has 1 aromatic rings. The van der Waals surface area contributed by atoms with Crippen molar-refractivity contribution in [2.75, 3.05) is 32.8 Å². The molecule has 1 fully saturated rings. The van der Waals surface area contributed by atoms with Crippen molar-refractivity contribution in [1.29, 1.82) is 0 Å². The van der Waals surface area contributed by atoms with Crippen molar-refractivity contribution in [3.05, 3.63) is 30.3 Å². The molecule has 0 bridgehead atoms. The number of carbonyl (C=O) groups is 2. The van der Waals surface area contributed by atoms with Crippen molar-refractivity contribution >= 4 is 24.2 Å². The third-order valence-corrected chi connectivity index (χ3v) is 4.46. The van der Waals surface area contributed by atoms with Gasteiger partial charge in [0.05, 0.1) is 0 Å². The van der Waals surface area contributed by atoms with Crippen LogP contribution in [0.5, 0.6) is 5.75 Å². The van der Waals surface area contributed by atoms with E-state index in [9.17, 15) is 9.59 Å². The van der Waals surface area contributed by atoms with Crippen LogP contribution in [0, 0.1) is 5.92 Å². The molecule has 1 atom stereocenters. The molecule has 26 heavy (non-hydrogen) atoms. The topological polar surface area (TPSA) is 70.7 Å². The van der Waals surface area contributed by atoms with Gasteiger partial charge in [0.2, 0.25) is 5.91 Å². The second kappa shape index (κ2) is 11.8. The Bertz CT molecular complexity index is 548. The lowest BCUT2D eigenvalue weighted by atomic mass is 9.96. The molecule has 0 radical (unpaired) electrons. The Labute approximate surface area is 162 Å². The normalized spacial score (nSPS) is 15.7. The van der Waals surface area contributed by atoms with Gasteiger partial charge in [0, 0.05) is 31.6 Å². The summed E-state index contributed by atoms with van der Waals surface area (Å²) in [6.45, 7) is 6.89. The van der Waals surface area contributed by atoms with Gasteiger partial charge in [0.15, 0.2) is 6.61 Å². The van der Waals surface area contributed by atoms with Gasteiger partial charge in [-0.1, -0.05) is 25.1 Å². The molecule has 1 aliphatic rings. The van der Waals surface area contributed by atoms with E-state index in [-0.39, 0.29) is 42.8 Å². The summed E-state index contributed by atoms with van der Waals surface area (Å²) >= 11 is 0. The Hall–Kier alpha value is -1.79. The molecule has 2 N–H and O–H groups in total. The maximum absolute atomic E-state index is 12.2. The molecule has 6 nitrogen and oxygen atoms in total. The summed E-state index contributed by atoms with van der Waals surface area (Å²) in [5.74, 6) is 0.758. The highest BCUT2D eigenvalue weighted by molar-refractivity contribution is 5.85. The van der Waals surface area contributed by atoms with Gasteiger partial charge < -0.3 is 20.3 Å². The number of nitrogens with zero attached hydrogens (tertiary/aromatic N) is 1. The summed E-state index contributed by atoms with van der Waals surface area (Å²) in [6.07, 6.45) is 1.41. The molecule has 2 rings (SSSR count). The van der Waals surface area contributed by atoms with Crippen molar-refractivity contribution in [3.8, 4) is 5.75 Å². The average molecular weight is 384 g/mol. The van der Waals surface area contributed by atoms with E-state index in [1.165, 1.54) is 0 Å². The maximum atomic E-state index is 12.2. The number of carbonyl (C=O) groups excluding carboxylic acids is 2. The van der Waals surface area contributed by atoms with E-state index in [2.05, 4.69) is 17.6 Å². The standard InChI is InChI=1S/C19H29N3O3.ClH/c1-3-20-15(2)13-21-19(24)16-9-11-22(12-10-16)18(23)14-25-17-7-5-4-6-8-17;/h4-8,15-16,20H,3,9-14H2,1-2H3,(H,21,24);1H/t15-;/m1./s1. The molecule has 1 aliphatic heterocycles. The van der Waals surface area contributed by atoms with Gasteiger partial charge in [-0.15, -0.1) is 12.4 Å². The molecule has 1 heterocycles. The van der Waals surface area contributed by atoms with E-state index < -0.39 is 0 Å². The minimum absolute atomic E-state index is 0. The number of likely N-dealkylation sites (N-methyl/N-ethyl adjacent to an activating group) is 1. The molecule has 1 saturated heterocycles. The molecule has 146 valence electrons. The number of likely N-dealkylation sites (tertiary alicyclic amines) is 1. The lowest BCUT2D eigenvalue weighted by Crippen LogP contribution is -2.46. The summed E-state index contributed by atoms with van der Waals surface area (Å²) in [7, 11) is 0. The fourth-order valence-electron chi connectivity index (χ4n) is 2.96. The van der Waals surface area contributed by atoms with Crippen molar-refractivity contribution in [2.24, 2.45) is 5.92 Å². The number of nitrogens with one attached hydrogen (secondary N) is 2. The van der Waals surface area contributed by atoms with E-state index in [1.807, 2.05) is 37.3 Å². The van der Waals surface area contributed by atoms with Crippen molar-refractivity contribution in [3.63, 3.8) is 0 Å². The first-order valence-corrected chi connectivity index (χ1v) is 9.07. The Morgan fingerprint density at radius 3 is 2.50 bits per heavy atom. The molecule has 0 aliphatic carbocycles. The summed E-state index contributed by atoms with van der Waals surface area (Å²) in [4.78, 5) is 26.2. The van der Waals surface area contributed by atoms with E-state index in [0.29, 0.717) is 38.2 Å². The zero-order chi connectivity index (χ0) is 18.1. The zero-order valence-electron chi connectivity index (χ0n) is 15.6. The Morgan fingerprint density at radius 2 is 1.88 bits per heavy atom.